The number of thioether (sulfide) groups is 1. The number of hydrogen-bond donors (Lipinski definition) is 0. The number of benzene rings is 2. The van der Waals surface area contributed by atoms with Crippen LogP contribution in [0.25, 0.3) is 0 Å². The van der Waals surface area contributed by atoms with E-state index in [0.717, 1.165) is 11.1 Å². The zero-order valence-corrected chi connectivity index (χ0v) is 14.2. The van der Waals surface area contributed by atoms with Gasteiger partial charge in [-0.1, -0.05) is 54.2 Å². The molecule has 24 heavy (non-hydrogen) atoms. The molecule has 2 rings (SSSR count). The SMILES string of the molecule is COC(=O)C[C@H](CC(=O)SCc1ccccc1)c1ccc(F)cc1. The lowest BCUT2D eigenvalue weighted by atomic mass is 9.93. The van der Waals surface area contributed by atoms with Crippen molar-refractivity contribution in [2.24, 2.45) is 0 Å². The van der Waals surface area contributed by atoms with Crippen LogP contribution >= 0.6 is 11.8 Å². The molecule has 0 aliphatic carbocycles. The fourth-order valence-electron chi connectivity index (χ4n) is 2.33. The van der Waals surface area contributed by atoms with Gasteiger partial charge in [0, 0.05) is 18.1 Å². The molecule has 0 spiro atoms. The molecule has 5 heteroatoms. The second-order valence-corrected chi connectivity index (χ2v) is 6.41. The summed E-state index contributed by atoms with van der Waals surface area (Å²) in [6, 6.07) is 15.6. The van der Waals surface area contributed by atoms with Crippen LogP contribution in [0.5, 0.6) is 0 Å². The van der Waals surface area contributed by atoms with Gasteiger partial charge in [-0.25, -0.2) is 4.39 Å². The largest absolute Gasteiger partial charge is 0.469 e. The van der Waals surface area contributed by atoms with E-state index < -0.39 is 0 Å². The van der Waals surface area contributed by atoms with E-state index in [1.165, 1.54) is 31.0 Å². The Labute approximate surface area is 145 Å². The number of rotatable bonds is 7. The highest BCUT2D eigenvalue weighted by molar-refractivity contribution is 8.12. The lowest BCUT2D eigenvalue weighted by Crippen LogP contribution is -2.12. The number of methoxy groups -OCH3 is 1. The summed E-state index contributed by atoms with van der Waals surface area (Å²) in [6.45, 7) is 0. The lowest BCUT2D eigenvalue weighted by Gasteiger charge is -2.15. The minimum atomic E-state index is -0.384. The zero-order chi connectivity index (χ0) is 17.4. The number of hydrogen-bond acceptors (Lipinski definition) is 4. The molecule has 0 radical (unpaired) electrons. The molecular weight excluding hydrogens is 327 g/mol. The Morgan fingerprint density at radius 3 is 2.33 bits per heavy atom. The van der Waals surface area contributed by atoms with E-state index in [4.69, 9.17) is 4.74 Å². The third-order valence-electron chi connectivity index (χ3n) is 3.64. The number of halogens is 1. The molecule has 0 bridgehead atoms. The van der Waals surface area contributed by atoms with Gasteiger partial charge in [0.25, 0.3) is 0 Å². The Morgan fingerprint density at radius 1 is 1.04 bits per heavy atom. The van der Waals surface area contributed by atoms with Gasteiger partial charge in [-0.3, -0.25) is 9.59 Å². The van der Waals surface area contributed by atoms with Crippen LogP contribution in [0, 0.1) is 5.82 Å². The molecule has 126 valence electrons. The fourth-order valence-corrected chi connectivity index (χ4v) is 3.16. The van der Waals surface area contributed by atoms with Crippen molar-refractivity contribution in [1.29, 1.82) is 0 Å². The van der Waals surface area contributed by atoms with Crippen LogP contribution in [0.3, 0.4) is 0 Å². The first-order valence-corrected chi connectivity index (χ1v) is 8.59. The normalized spacial score (nSPS) is 11.8. The molecule has 2 aromatic rings. The fraction of sp³-hybridized carbons (Fsp3) is 0.263. The standard InChI is InChI=1S/C19H19FO3S/c1-23-18(21)11-16(15-7-9-17(20)10-8-15)12-19(22)24-13-14-5-3-2-4-6-14/h2-10,16H,11-13H2,1H3/t16-/m1/s1. The lowest BCUT2D eigenvalue weighted by molar-refractivity contribution is -0.141. The number of esters is 1. The molecule has 2 aromatic carbocycles. The van der Waals surface area contributed by atoms with E-state index in [-0.39, 0.29) is 35.7 Å². The maximum absolute atomic E-state index is 13.1. The average molecular weight is 346 g/mol. The number of carbonyl (C=O) groups is 2. The first kappa shape index (κ1) is 18.2. The molecule has 0 fully saturated rings. The molecule has 0 saturated heterocycles. The highest BCUT2D eigenvalue weighted by atomic mass is 32.2. The van der Waals surface area contributed by atoms with Crippen molar-refractivity contribution in [2.75, 3.05) is 7.11 Å². The van der Waals surface area contributed by atoms with Gasteiger partial charge in [-0.15, -0.1) is 0 Å². The summed E-state index contributed by atoms with van der Waals surface area (Å²) in [5, 5.41) is -0.00270. The van der Waals surface area contributed by atoms with Crippen LogP contribution in [0.4, 0.5) is 4.39 Å². The van der Waals surface area contributed by atoms with E-state index >= 15 is 0 Å². The zero-order valence-electron chi connectivity index (χ0n) is 13.4. The second-order valence-electron chi connectivity index (χ2n) is 5.38. The van der Waals surface area contributed by atoms with Crippen molar-refractivity contribution in [3.63, 3.8) is 0 Å². The van der Waals surface area contributed by atoms with Gasteiger partial charge in [0.05, 0.1) is 13.5 Å². The average Bonchev–Trinajstić information content (AvgIpc) is 2.61. The summed E-state index contributed by atoms with van der Waals surface area (Å²) in [7, 11) is 1.32. The van der Waals surface area contributed by atoms with E-state index in [9.17, 15) is 14.0 Å². The van der Waals surface area contributed by atoms with Gasteiger partial charge >= 0.3 is 5.97 Å². The van der Waals surface area contributed by atoms with E-state index in [1.54, 1.807) is 12.1 Å². The molecule has 3 nitrogen and oxygen atoms in total. The van der Waals surface area contributed by atoms with Crippen molar-refractivity contribution in [3.8, 4) is 0 Å². The Hall–Kier alpha value is -2.14. The van der Waals surface area contributed by atoms with E-state index in [1.807, 2.05) is 30.3 Å². The van der Waals surface area contributed by atoms with Crippen molar-refractivity contribution in [3.05, 3.63) is 71.5 Å². The molecule has 0 aliphatic rings. The van der Waals surface area contributed by atoms with Crippen LogP contribution in [-0.2, 0) is 20.1 Å². The first-order valence-electron chi connectivity index (χ1n) is 7.60. The Kier molecular flexibility index (Phi) is 7.00. The Bertz CT molecular complexity index is 671. The Balaban J connectivity index is 2.00. The van der Waals surface area contributed by atoms with Crippen LogP contribution in [0.2, 0.25) is 0 Å². The summed E-state index contributed by atoms with van der Waals surface area (Å²) in [4.78, 5) is 23.9. The van der Waals surface area contributed by atoms with Crippen molar-refractivity contribution < 1.29 is 18.7 Å². The van der Waals surface area contributed by atoms with Crippen molar-refractivity contribution >= 4 is 22.8 Å². The topological polar surface area (TPSA) is 43.4 Å². The van der Waals surface area contributed by atoms with Crippen molar-refractivity contribution in [2.45, 2.75) is 24.5 Å². The van der Waals surface area contributed by atoms with E-state index in [2.05, 4.69) is 0 Å². The molecule has 1 atom stereocenters. The first-order chi connectivity index (χ1) is 11.6. The van der Waals surface area contributed by atoms with Gasteiger partial charge in [0.15, 0.2) is 5.12 Å². The van der Waals surface area contributed by atoms with Crippen LogP contribution in [0.1, 0.15) is 29.9 Å². The third kappa shape index (κ3) is 5.81. The molecule has 0 aliphatic heterocycles. The summed E-state index contributed by atoms with van der Waals surface area (Å²) in [5.74, 6) is -0.451. The number of ether oxygens (including phenoxy) is 1. The third-order valence-corrected chi connectivity index (χ3v) is 4.60. The summed E-state index contributed by atoms with van der Waals surface area (Å²) in [5.41, 5.74) is 1.83. The van der Waals surface area contributed by atoms with Crippen LogP contribution < -0.4 is 0 Å². The predicted molar refractivity (Wildman–Crippen MR) is 93.1 cm³/mol. The van der Waals surface area contributed by atoms with Crippen molar-refractivity contribution in [1.82, 2.24) is 0 Å². The van der Waals surface area contributed by atoms with Gasteiger partial charge in [-0.2, -0.15) is 0 Å². The van der Waals surface area contributed by atoms with Gasteiger partial charge in [-0.05, 0) is 23.3 Å². The molecule has 0 heterocycles. The van der Waals surface area contributed by atoms with Gasteiger partial charge < -0.3 is 4.74 Å². The maximum Gasteiger partial charge on any atom is 0.306 e. The summed E-state index contributed by atoms with van der Waals surface area (Å²) < 4.78 is 17.8. The monoisotopic (exact) mass is 346 g/mol. The molecule has 0 amide bonds. The molecule has 0 unspecified atom stereocenters. The summed E-state index contributed by atoms with van der Waals surface area (Å²) in [6.07, 6.45) is 0.304. The smallest absolute Gasteiger partial charge is 0.306 e. The maximum atomic E-state index is 13.1. The molecule has 0 N–H and O–H groups in total. The molecular formula is C19H19FO3S. The van der Waals surface area contributed by atoms with Gasteiger partial charge in [0.1, 0.15) is 5.82 Å². The minimum absolute atomic E-state index is 0.00270. The minimum Gasteiger partial charge on any atom is -0.469 e. The highest BCUT2D eigenvalue weighted by Crippen LogP contribution is 2.28. The van der Waals surface area contributed by atoms with Crippen LogP contribution in [0.15, 0.2) is 54.6 Å². The van der Waals surface area contributed by atoms with E-state index in [0.29, 0.717) is 5.75 Å². The Morgan fingerprint density at radius 2 is 1.71 bits per heavy atom. The summed E-state index contributed by atoms with van der Waals surface area (Å²) >= 11 is 1.23. The molecule has 0 saturated carbocycles. The highest BCUT2D eigenvalue weighted by Gasteiger charge is 2.20. The predicted octanol–water partition coefficient (Wildman–Crippen LogP) is 4.32. The second kappa shape index (κ2) is 9.23. The number of carbonyl (C=O) groups excluding carboxylic acids is 2. The van der Waals surface area contributed by atoms with Gasteiger partial charge in [0.2, 0.25) is 0 Å². The quantitative estimate of drug-likeness (QED) is 0.700. The van der Waals surface area contributed by atoms with Crippen LogP contribution in [-0.4, -0.2) is 18.2 Å². The molecule has 0 aromatic heterocycles.